The molecule has 1 atom stereocenters. The molecule has 1 aliphatic rings. The molecule has 2 heterocycles. The van der Waals surface area contributed by atoms with Crippen molar-refractivity contribution >= 4 is 39.2 Å². The average Bonchev–Trinajstić information content (AvgIpc) is 2.61. The molecule has 148 valence electrons. The summed E-state index contributed by atoms with van der Waals surface area (Å²) in [7, 11) is -2.36. The summed E-state index contributed by atoms with van der Waals surface area (Å²) < 4.78 is 38.6. The maximum absolute atomic E-state index is 13.0. The molecule has 0 spiro atoms. The van der Waals surface area contributed by atoms with Crippen LogP contribution < -0.4 is 11.1 Å². The van der Waals surface area contributed by atoms with E-state index < -0.39 is 27.3 Å². The van der Waals surface area contributed by atoms with E-state index in [-0.39, 0.29) is 22.4 Å². The van der Waals surface area contributed by atoms with E-state index in [9.17, 15) is 17.6 Å². The van der Waals surface area contributed by atoms with Gasteiger partial charge in [0, 0.05) is 23.3 Å². The van der Waals surface area contributed by atoms with Crippen LogP contribution in [0.15, 0.2) is 41.5 Å². The maximum atomic E-state index is 13.0. The van der Waals surface area contributed by atoms with Crippen molar-refractivity contribution in [2.45, 2.75) is 12.5 Å². The van der Waals surface area contributed by atoms with Gasteiger partial charge in [-0.25, -0.2) is 27.1 Å². The summed E-state index contributed by atoms with van der Waals surface area (Å²) in [6, 6.07) is 6.97. The van der Waals surface area contributed by atoms with Crippen LogP contribution in [0.2, 0.25) is 5.02 Å². The Hall–Kier alpha value is -2.72. The van der Waals surface area contributed by atoms with Gasteiger partial charge in [0.05, 0.1) is 11.9 Å². The Labute approximate surface area is 166 Å². The molecule has 0 fully saturated rings. The molecule has 11 heteroatoms. The number of amides is 1. The molecule has 1 aliphatic heterocycles. The Morgan fingerprint density at radius 1 is 1.36 bits per heavy atom. The lowest BCUT2D eigenvalue weighted by Gasteiger charge is -2.35. The molecule has 0 saturated heterocycles. The second kappa shape index (κ2) is 7.02. The standard InChI is InChI=1S/C17H17ClFN5O3S/c1-17(9-28(26,27)24(2)16(20)23-17)12-7-11(4-5-13(12)18)22-15(25)14-6-3-10(19)8-21-14/h3-8H,9H2,1-2H3,(H2,20,23)(H,22,25)/t17-/m0/s1. The van der Waals surface area contributed by atoms with Crippen LogP contribution in [0.5, 0.6) is 0 Å². The lowest BCUT2D eigenvalue weighted by molar-refractivity contribution is 0.102. The van der Waals surface area contributed by atoms with Gasteiger partial charge in [0.1, 0.15) is 17.1 Å². The normalized spacial score (nSPS) is 21.1. The third kappa shape index (κ3) is 3.78. The van der Waals surface area contributed by atoms with E-state index in [0.29, 0.717) is 11.3 Å². The van der Waals surface area contributed by atoms with Gasteiger partial charge in [0.2, 0.25) is 16.0 Å². The molecule has 0 unspecified atom stereocenters. The average molecular weight is 426 g/mol. The van der Waals surface area contributed by atoms with Crippen LogP contribution in [-0.4, -0.2) is 42.4 Å². The van der Waals surface area contributed by atoms with Crippen LogP contribution in [-0.2, 0) is 15.6 Å². The van der Waals surface area contributed by atoms with Gasteiger partial charge >= 0.3 is 0 Å². The van der Waals surface area contributed by atoms with Gasteiger partial charge in [-0.3, -0.25) is 4.79 Å². The van der Waals surface area contributed by atoms with E-state index in [0.717, 1.165) is 16.6 Å². The number of nitrogens with one attached hydrogen (secondary N) is 1. The SMILES string of the molecule is CN1C(N)=N[C@](C)(c2cc(NC(=O)c3ccc(F)cn3)ccc2Cl)CS1(=O)=O. The fraction of sp³-hybridized carbons (Fsp3) is 0.235. The summed E-state index contributed by atoms with van der Waals surface area (Å²) in [5.41, 5.74) is 5.29. The van der Waals surface area contributed by atoms with E-state index in [1.54, 1.807) is 13.0 Å². The van der Waals surface area contributed by atoms with Crippen molar-refractivity contribution < 1.29 is 17.6 Å². The summed E-state index contributed by atoms with van der Waals surface area (Å²) in [4.78, 5) is 20.3. The van der Waals surface area contributed by atoms with E-state index in [1.165, 1.54) is 25.2 Å². The van der Waals surface area contributed by atoms with Crippen molar-refractivity contribution in [3.05, 3.63) is 58.6 Å². The van der Waals surface area contributed by atoms with Crippen LogP contribution in [0.4, 0.5) is 10.1 Å². The quantitative estimate of drug-likeness (QED) is 0.779. The zero-order valence-corrected chi connectivity index (χ0v) is 16.6. The number of rotatable bonds is 3. The molecule has 3 rings (SSSR count). The summed E-state index contributed by atoms with van der Waals surface area (Å²) in [5.74, 6) is -1.61. The van der Waals surface area contributed by atoms with E-state index >= 15 is 0 Å². The van der Waals surface area contributed by atoms with Gasteiger partial charge in [-0.05, 0) is 37.3 Å². The summed E-state index contributed by atoms with van der Waals surface area (Å²) in [5, 5.41) is 2.89. The monoisotopic (exact) mass is 425 g/mol. The van der Waals surface area contributed by atoms with Gasteiger partial charge in [-0.15, -0.1) is 0 Å². The largest absolute Gasteiger partial charge is 0.369 e. The minimum Gasteiger partial charge on any atom is -0.369 e. The summed E-state index contributed by atoms with van der Waals surface area (Å²) in [6.07, 6.45) is 0.935. The molecule has 3 N–H and O–H groups in total. The highest BCUT2D eigenvalue weighted by molar-refractivity contribution is 7.89. The molecule has 0 radical (unpaired) electrons. The smallest absolute Gasteiger partial charge is 0.274 e. The number of benzene rings is 1. The number of halogens is 2. The number of carbonyl (C=O) groups is 1. The predicted octanol–water partition coefficient (Wildman–Crippen LogP) is 1.93. The first-order chi connectivity index (χ1) is 13.0. The van der Waals surface area contributed by atoms with Crippen LogP contribution in [0.1, 0.15) is 23.0 Å². The minimum absolute atomic E-state index is 0.0215. The lowest BCUT2D eigenvalue weighted by Crippen LogP contribution is -2.50. The molecular formula is C17H17ClFN5O3S. The molecule has 8 nitrogen and oxygen atoms in total. The fourth-order valence-electron chi connectivity index (χ4n) is 2.81. The molecule has 1 aromatic heterocycles. The number of hydrogen-bond acceptors (Lipinski definition) is 6. The number of guanidine groups is 1. The number of sulfonamides is 1. The first kappa shape index (κ1) is 20.0. The zero-order valence-electron chi connectivity index (χ0n) is 15.0. The number of anilines is 1. The number of nitrogens with zero attached hydrogens (tertiary/aromatic N) is 3. The van der Waals surface area contributed by atoms with Gasteiger partial charge in [0.25, 0.3) is 5.91 Å². The second-order valence-corrected chi connectivity index (χ2v) is 8.89. The topological polar surface area (TPSA) is 118 Å². The van der Waals surface area contributed by atoms with Gasteiger partial charge in [0.15, 0.2) is 0 Å². The highest BCUT2D eigenvalue weighted by atomic mass is 35.5. The Balaban J connectivity index is 1.96. The van der Waals surface area contributed by atoms with Crippen molar-refractivity contribution in [3.8, 4) is 0 Å². The second-order valence-electron chi connectivity index (χ2n) is 6.48. The Kier molecular flexibility index (Phi) is 5.02. The number of pyridine rings is 1. The molecule has 1 amide bonds. The summed E-state index contributed by atoms with van der Waals surface area (Å²) >= 11 is 6.28. The van der Waals surface area contributed by atoms with E-state index in [1.807, 2.05) is 0 Å². The summed E-state index contributed by atoms with van der Waals surface area (Å²) in [6.45, 7) is 1.60. The number of nitrogens with two attached hydrogens (primary N) is 1. The lowest BCUT2D eigenvalue weighted by atomic mass is 9.94. The first-order valence-electron chi connectivity index (χ1n) is 8.07. The number of aliphatic imine (C=N–C) groups is 1. The molecule has 2 aromatic rings. The molecule has 0 bridgehead atoms. The number of hydrogen-bond donors (Lipinski definition) is 2. The van der Waals surface area contributed by atoms with E-state index in [4.69, 9.17) is 17.3 Å². The van der Waals surface area contributed by atoms with Crippen molar-refractivity contribution in [1.82, 2.24) is 9.29 Å². The molecule has 28 heavy (non-hydrogen) atoms. The van der Waals surface area contributed by atoms with E-state index in [2.05, 4.69) is 15.3 Å². The van der Waals surface area contributed by atoms with Gasteiger partial charge in [-0.2, -0.15) is 0 Å². The fourth-order valence-corrected chi connectivity index (χ4v) is 4.58. The van der Waals surface area contributed by atoms with Gasteiger partial charge in [-0.1, -0.05) is 11.6 Å². The van der Waals surface area contributed by atoms with Crippen molar-refractivity contribution in [2.24, 2.45) is 10.7 Å². The third-order valence-corrected chi connectivity index (χ3v) is 6.61. The first-order valence-corrected chi connectivity index (χ1v) is 10.1. The van der Waals surface area contributed by atoms with Crippen LogP contribution in [0.25, 0.3) is 0 Å². The molecule has 1 aromatic carbocycles. The minimum atomic E-state index is -3.68. The molecule has 0 aliphatic carbocycles. The Morgan fingerprint density at radius 2 is 2.07 bits per heavy atom. The van der Waals surface area contributed by atoms with Crippen molar-refractivity contribution in [1.29, 1.82) is 0 Å². The maximum Gasteiger partial charge on any atom is 0.274 e. The number of carbonyl (C=O) groups excluding carboxylic acids is 1. The van der Waals surface area contributed by atoms with Crippen molar-refractivity contribution in [3.63, 3.8) is 0 Å². The molecular weight excluding hydrogens is 409 g/mol. The number of aromatic nitrogens is 1. The van der Waals surface area contributed by atoms with Gasteiger partial charge < -0.3 is 11.1 Å². The highest BCUT2D eigenvalue weighted by Crippen LogP contribution is 2.37. The van der Waals surface area contributed by atoms with Crippen LogP contribution >= 0.6 is 11.6 Å². The van der Waals surface area contributed by atoms with Crippen molar-refractivity contribution in [2.75, 3.05) is 18.1 Å². The zero-order chi connectivity index (χ0) is 20.7. The predicted molar refractivity (Wildman–Crippen MR) is 104 cm³/mol. The van der Waals surface area contributed by atoms with Crippen LogP contribution in [0.3, 0.4) is 0 Å². The Bertz CT molecular complexity index is 1070. The highest BCUT2D eigenvalue weighted by Gasteiger charge is 2.41. The Morgan fingerprint density at radius 3 is 2.68 bits per heavy atom. The molecule has 0 saturated carbocycles. The third-order valence-electron chi connectivity index (χ3n) is 4.33. The van der Waals surface area contributed by atoms with Crippen LogP contribution in [0, 0.1) is 5.82 Å².